The van der Waals surface area contributed by atoms with E-state index in [1.165, 1.54) is 50.5 Å². The third-order valence-corrected chi connectivity index (χ3v) is 12.1. The smallest absolute Gasteiger partial charge is 0.408 e. The molecule has 1 amide bonds. The maximum atomic E-state index is 14.7. The molecule has 11 atom stereocenters. The maximum absolute atomic E-state index is 14.7. The highest BCUT2D eigenvalue weighted by Crippen LogP contribution is 2.63. The van der Waals surface area contributed by atoms with Crippen LogP contribution in [0.2, 0.25) is 0 Å². The fourth-order valence-corrected chi connectivity index (χ4v) is 9.06. The third-order valence-electron chi connectivity index (χ3n) is 12.1. The molecular weight excluding hydrogens is 716 g/mol. The Bertz CT molecular complexity index is 1860. The van der Waals surface area contributed by atoms with Gasteiger partial charge in [0.05, 0.1) is 35.8 Å². The number of carbonyl (C=O) groups excluding carboxylic acids is 4. The summed E-state index contributed by atoms with van der Waals surface area (Å²) in [6.07, 6.45) is -8.60. The largest absolute Gasteiger partial charge is 0.456 e. The van der Waals surface area contributed by atoms with Gasteiger partial charge < -0.3 is 49.8 Å². The van der Waals surface area contributed by atoms with Gasteiger partial charge >= 0.3 is 18.0 Å². The van der Waals surface area contributed by atoms with Crippen molar-refractivity contribution in [2.75, 3.05) is 6.61 Å². The molecule has 4 aliphatic rings. The van der Waals surface area contributed by atoms with Crippen LogP contribution in [0.5, 0.6) is 0 Å². The SMILES string of the molecule is CC1=C2[C@@H](O)C(=O)[C@@]3(C)[C@H]([C@H](OC(=O)c4ccccc4)[C@](O)(CC1OC(=O)[C@H](O)[C@@H](NC(=O)OC(C)(C)C)c1cccnc1)C2(C)C)[C@]1(O)CO[C@@H]1C[C@@H]3O. The van der Waals surface area contributed by atoms with E-state index in [1.807, 2.05) is 0 Å². The normalized spacial score (nSPS) is 35.0. The zero-order valence-electron chi connectivity index (χ0n) is 31.9. The van der Waals surface area contributed by atoms with E-state index in [4.69, 9.17) is 18.9 Å². The number of rotatable bonds is 7. The Morgan fingerprint density at radius 2 is 1.69 bits per heavy atom. The zero-order chi connectivity index (χ0) is 40.5. The van der Waals surface area contributed by atoms with Gasteiger partial charge in [-0.3, -0.25) is 9.78 Å². The van der Waals surface area contributed by atoms with E-state index in [9.17, 15) is 44.7 Å². The highest BCUT2D eigenvalue weighted by Gasteiger charge is 2.76. The van der Waals surface area contributed by atoms with Gasteiger partial charge in [-0.15, -0.1) is 0 Å². The summed E-state index contributed by atoms with van der Waals surface area (Å²) in [6, 6.07) is 9.51. The lowest BCUT2D eigenvalue weighted by Crippen LogP contribution is -2.81. The van der Waals surface area contributed by atoms with Gasteiger partial charge in [-0.05, 0) is 69.5 Å². The van der Waals surface area contributed by atoms with Gasteiger partial charge in [-0.25, -0.2) is 14.4 Å². The molecule has 3 fully saturated rings. The summed E-state index contributed by atoms with van der Waals surface area (Å²) in [7, 11) is 0. The number of hydrogen-bond donors (Lipinski definition) is 6. The van der Waals surface area contributed by atoms with Gasteiger partial charge in [0, 0.05) is 36.6 Å². The minimum Gasteiger partial charge on any atom is -0.456 e. The molecule has 6 N–H and O–H groups in total. The molecule has 298 valence electrons. The van der Waals surface area contributed by atoms with Crippen LogP contribution in [0.25, 0.3) is 0 Å². The van der Waals surface area contributed by atoms with Crippen LogP contribution >= 0.6 is 0 Å². The van der Waals surface area contributed by atoms with Crippen molar-refractivity contribution < 1.29 is 63.7 Å². The number of ketones is 1. The first-order valence-corrected chi connectivity index (χ1v) is 18.3. The van der Waals surface area contributed by atoms with Crippen molar-refractivity contribution in [3.8, 4) is 0 Å². The summed E-state index contributed by atoms with van der Waals surface area (Å²) in [5.74, 6) is -4.60. The number of alkyl carbamates (subject to hydrolysis) is 1. The van der Waals surface area contributed by atoms with Crippen LogP contribution in [0.15, 0.2) is 66.0 Å². The molecule has 3 aliphatic carbocycles. The minimum atomic E-state index is -2.32. The number of amides is 1. The van der Waals surface area contributed by atoms with Crippen LogP contribution in [-0.2, 0) is 28.5 Å². The Labute approximate surface area is 318 Å². The fraction of sp³-hybridized carbons (Fsp3) is 0.575. The van der Waals surface area contributed by atoms with Crippen molar-refractivity contribution in [1.29, 1.82) is 0 Å². The van der Waals surface area contributed by atoms with Gasteiger partial charge in [0.1, 0.15) is 35.1 Å². The number of aliphatic hydroxyl groups excluding tert-OH is 3. The molecular formula is C40H50N2O13. The lowest BCUT2D eigenvalue weighted by atomic mass is 9.44. The van der Waals surface area contributed by atoms with Crippen molar-refractivity contribution in [1.82, 2.24) is 10.3 Å². The first-order chi connectivity index (χ1) is 25.6. The fourth-order valence-electron chi connectivity index (χ4n) is 9.06. The van der Waals surface area contributed by atoms with Gasteiger partial charge in [0.15, 0.2) is 11.9 Å². The molecule has 6 rings (SSSR count). The summed E-state index contributed by atoms with van der Waals surface area (Å²) in [6.45, 7) is 10.6. The molecule has 2 saturated carbocycles. The number of ether oxygens (including phenoxy) is 4. The number of aromatic nitrogens is 1. The van der Waals surface area contributed by atoms with E-state index in [1.54, 1.807) is 52.8 Å². The first-order valence-electron chi connectivity index (χ1n) is 18.3. The van der Waals surface area contributed by atoms with Crippen LogP contribution in [0, 0.1) is 16.7 Å². The number of nitrogens with zero attached hydrogens (tertiary/aromatic N) is 1. The van der Waals surface area contributed by atoms with Gasteiger partial charge in [0.2, 0.25) is 0 Å². The molecule has 2 aromatic rings. The van der Waals surface area contributed by atoms with Crippen molar-refractivity contribution in [3.05, 3.63) is 77.1 Å². The Kier molecular flexibility index (Phi) is 10.3. The number of pyridine rings is 1. The van der Waals surface area contributed by atoms with E-state index in [-0.39, 0.29) is 35.3 Å². The van der Waals surface area contributed by atoms with Crippen LogP contribution in [0.4, 0.5) is 4.79 Å². The van der Waals surface area contributed by atoms with E-state index in [2.05, 4.69) is 10.3 Å². The number of fused-ring (bicyclic) bond motifs is 5. The number of aliphatic hydroxyl groups is 5. The van der Waals surface area contributed by atoms with Crippen LogP contribution in [0.1, 0.15) is 83.3 Å². The molecule has 2 bridgehead atoms. The molecule has 1 aromatic heterocycles. The predicted molar refractivity (Wildman–Crippen MR) is 192 cm³/mol. The number of nitrogens with one attached hydrogen (secondary N) is 1. The number of benzene rings is 1. The lowest BCUT2D eigenvalue weighted by molar-refractivity contribution is -0.343. The third kappa shape index (κ3) is 6.64. The average Bonchev–Trinajstić information content (AvgIpc) is 3.12. The second-order valence-electron chi connectivity index (χ2n) is 16.9. The summed E-state index contributed by atoms with van der Waals surface area (Å²) in [5, 5.41) is 63.1. The Balaban J connectivity index is 1.45. The van der Waals surface area contributed by atoms with E-state index < -0.39 is 106 Å². The molecule has 1 aromatic carbocycles. The topological polar surface area (TPSA) is 231 Å². The average molecular weight is 767 g/mol. The predicted octanol–water partition coefficient (Wildman–Crippen LogP) is 2.08. The monoisotopic (exact) mass is 766 g/mol. The lowest BCUT2D eigenvalue weighted by Gasteiger charge is -2.66. The van der Waals surface area contributed by atoms with E-state index in [0.29, 0.717) is 0 Å². The minimum absolute atomic E-state index is 0.0548. The van der Waals surface area contributed by atoms with Crippen molar-refractivity contribution in [2.24, 2.45) is 16.7 Å². The Morgan fingerprint density at radius 1 is 1.02 bits per heavy atom. The first kappa shape index (κ1) is 40.4. The highest BCUT2D eigenvalue weighted by atomic mass is 16.6. The molecule has 1 saturated heterocycles. The molecule has 1 unspecified atom stereocenters. The second kappa shape index (κ2) is 14.0. The molecule has 1 aliphatic heterocycles. The van der Waals surface area contributed by atoms with E-state index in [0.717, 1.165) is 0 Å². The van der Waals surface area contributed by atoms with Gasteiger partial charge in [-0.2, -0.15) is 0 Å². The van der Waals surface area contributed by atoms with Crippen molar-refractivity contribution >= 4 is 23.8 Å². The summed E-state index contributed by atoms with van der Waals surface area (Å²) < 4.78 is 23.1. The Morgan fingerprint density at radius 3 is 2.27 bits per heavy atom. The number of esters is 2. The molecule has 0 radical (unpaired) electrons. The number of carbonyl (C=O) groups is 4. The molecule has 55 heavy (non-hydrogen) atoms. The maximum Gasteiger partial charge on any atom is 0.408 e. The molecule has 15 heteroatoms. The van der Waals surface area contributed by atoms with Gasteiger partial charge in [0.25, 0.3) is 0 Å². The van der Waals surface area contributed by atoms with Crippen molar-refractivity contribution in [2.45, 2.75) is 121 Å². The standard InChI is InChI=1S/C40H50N2O13/c1-20-23(53-34(48)29(45)27(22-14-11-15-41-18-22)42-35(49)55-36(2,3)4)17-40(51)32(54-33(47)21-12-9-8-10-13-21)30-38(7,24(43)16-25-39(30,50)19-52-25)31(46)28(44)26(20)37(40,5)6/h8-15,18,23-25,27-30,32,43-45,50-51H,16-17,19H2,1-7H3,(H,42,49)/t23?,24-,25+,27-,28+,29+,30-,32-,38+,39-,40+/m0/s1. The molecule has 15 nitrogen and oxygen atoms in total. The zero-order valence-corrected chi connectivity index (χ0v) is 31.9. The highest BCUT2D eigenvalue weighted by molar-refractivity contribution is 5.94. The number of hydrogen-bond acceptors (Lipinski definition) is 14. The van der Waals surface area contributed by atoms with Crippen LogP contribution in [-0.4, -0.2) is 114 Å². The van der Waals surface area contributed by atoms with Gasteiger partial charge in [-0.1, -0.05) is 38.1 Å². The van der Waals surface area contributed by atoms with E-state index >= 15 is 0 Å². The number of Topliss-reactive ketones (excluding diaryl/α,β-unsaturated/α-hetero) is 1. The van der Waals surface area contributed by atoms with Crippen LogP contribution in [0.3, 0.4) is 0 Å². The quantitative estimate of drug-likeness (QED) is 0.135. The Hall–Kier alpha value is -4.25. The summed E-state index contributed by atoms with van der Waals surface area (Å²) in [4.78, 5) is 59.4. The summed E-state index contributed by atoms with van der Waals surface area (Å²) in [5.41, 5.74) is -8.29. The van der Waals surface area contributed by atoms with Crippen LogP contribution < -0.4 is 5.32 Å². The van der Waals surface area contributed by atoms with Crippen molar-refractivity contribution in [3.63, 3.8) is 0 Å². The summed E-state index contributed by atoms with van der Waals surface area (Å²) >= 11 is 0. The second-order valence-corrected chi connectivity index (χ2v) is 16.9. The molecule has 2 heterocycles. The molecule has 0 spiro atoms.